The highest BCUT2D eigenvalue weighted by Gasteiger charge is 2.17. The monoisotopic (exact) mass is 327 g/mol. The lowest BCUT2D eigenvalue weighted by Crippen LogP contribution is -2.14. The first-order valence-electron chi connectivity index (χ1n) is 7.31. The van der Waals surface area contributed by atoms with Crippen LogP contribution in [-0.4, -0.2) is 33.7 Å². The summed E-state index contributed by atoms with van der Waals surface area (Å²) in [5.74, 6) is 1.04. The molecule has 3 rings (SSSR count). The van der Waals surface area contributed by atoms with Crippen LogP contribution in [0.2, 0.25) is 0 Å². The van der Waals surface area contributed by atoms with Crippen LogP contribution >= 0.6 is 11.8 Å². The largest absolute Gasteiger partial charge is 0.431 e. The Labute approximate surface area is 138 Å². The molecule has 5 heteroatoms. The van der Waals surface area contributed by atoms with Crippen LogP contribution in [-0.2, 0) is 0 Å². The van der Waals surface area contributed by atoms with Gasteiger partial charge in [-0.15, -0.1) is 0 Å². The Balaban J connectivity index is 1.97. The van der Waals surface area contributed by atoms with Crippen molar-refractivity contribution in [1.82, 2.24) is 4.98 Å². The predicted molar refractivity (Wildman–Crippen MR) is 91.2 cm³/mol. The van der Waals surface area contributed by atoms with Crippen molar-refractivity contribution in [2.75, 3.05) is 12.4 Å². The highest BCUT2D eigenvalue weighted by Crippen LogP contribution is 2.35. The number of thioether (sulfide) groups is 1. The molecule has 0 aliphatic rings. The summed E-state index contributed by atoms with van der Waals surface area (Å²) < 4.78 is 5.91. The number of benzene rings is 2. The van der Waals surface area contributed by atoms with E-state index in [0.29, 0.717) is 16.7 Å². The van der Waals surface area contributed by atoms with E-state index in [4.69, 9.17) is 9.52 Å². The molecule has 0 amide bonds. The summed E-state index contributed by atoms with van der Waals surface area (Å²) in [5.41, 5.74) is 2.70. The molecule has 2 aromatic carbocycles. The average molecular weight is 327 g/mol. The van der Waals surface area contributed by atoms with E-state index in [1.54, 1.807) is 0 Å². The molecule has 0 aliphatic heterocycles. The van der Waals surface area contributed by atoms with Crippen LogP contribution in [0.5, 0.6) is 0 Å². The molecule has 0 aliphatic carbocycles. The van der Waals surface area contributed by atoms with Crippen molar-refractivity contribution < 1.29 is 14.6 Å². The van der Waals surface area contributed by atoms with Gasteiger partial charge in [0.25, 0.3) is 5.22 Å². The van der Waals surface area contributed by atoms with E-state index >= 15 is 0 Å². The van der Waals surface area contributed by atoms with Crippen molar-refractivity contribution in [3.63, 3.8) is 0 Å². The van der Waals surface area contributed by atoms with Gasteiger partial charge in [0.15, 0.2) is 5.76 Å². The molecule has 1 aromatic heterocycles. The number of aliphatic hydroxyl groups is 2. The molecular weight excluding hydrogens is 310 g/mol. The smallest absolute Gasteiger partial charge is 0.256 e. The third-order valence-corrected chi connectivity index (χ3v) is 4.27. The van der Waals surface area contributed by atoms with Crippen LogP contribution in [0.15, 0.2) is 70.3 Å². The molecule has 3 aromatic rings. The van der Waals surface area contributed by atoms with Gasteiger partial charge in [0.05, 0.1) is 12.7 Å². The molecule has 0 fully saturated rings. The molecule has 1 unspecified atom stereocenters. The average Bonchev–Trinajstić information content (AvgIpc) is 3.05. The van der Waals surface area contributed by atoms with E-state index in [-0.39, 0.29) is 6.61 Å². The maximum absolute atomic E-state index is 9.49. The first kappa shape index (κ1) is 15.8. The van der Waals surface area contributed by atoms with E-state index in [9.17, 15) is 5.11 Å². The Bertz CT molecular complexity index is 686. The fourth-order valence-corrected chi connectivity index (χ4v) is 2.90. The lowest BCUT2D eigenvalue weighted by molar-refractivity contribution is 0.113. The minimum atomic E-state index is -0.785. The van der Waals surface area contributed by atoms with Gasteiger partial charge in [0.1, 0.15) is 5.69 Å². The summed E-state index contributed by atoms with van der Waals surface area (Å²) in [7, 11) is 0. The van der Waals surface area contributed by atoms with Gasteiger partial charge in [-0.05, 0) is 0 Å². The van der Waals surface area contributed by atoms with E-state index in [1.165, 1.54) is 11.8 Å². The maximum atomic E-state index is 9.49. The standard InChI is InChI=1S/C18H17NO3S/c20-11-15(21)12-23-18-19-16(13-7-3-1-4-8-13)17(22-18)14-9-5-2-6-10-14/h1-10,15,20-21H,11-12H2. The van der Waals surface area contributed by atoms with Crippen LogP contribution in [0.4, 0.5) is 0 Å². The number of rotatable bonds is 6. The normalized spacial score (nSPS) is 12.3. The molecule has 118 valence electrons. The minimum Gasteiger partial charge on any atom is -0.431 e. The molecule has 0 spiro atoms. The van der Waals surface area contributed by atoms with E-state index in [2.05, 4.69) is 4.98 Å². The topological polar surface area (TPSA) is 66.5 Å². The Morgan fingerprint density at radius 1 is 0.957 bits per heavy atom. The molecule has 2 N–H and O–H groups in total. The third-order valence-electron chi connectivity index (χ3n) is 3.30. The fourth-order valence-electron chi connectivity index (χ4n) is 2.16. The minimum absolute atomic E-state index is 0.273. The summed E-state index contributed by atoms with van der Waals surface area (Å²) >= 11 is 1.29. The Kier molecular flexibility index (Phi) is 5.12. The van der Waals surface area contributed by atoms with Crippen molar-refractivity contribution in [3.05, 3.63) is 60.7 Å². The lowest BCUT2D eigenvalue weighted by atomic mass is 10.1. The van der Waals surface area contributed by atoms with Gasteiger partial charge in [0.2, 0.25) is 0 Å². The number of nitrogens with zero attached hydrogens (tertiary/aromatic N) is 1. The molecule has 0 bridgehead atoms. The van der Waals surface area contributed by atoms with E-state index in [1.807, 2.05) is 60.7 Å². The van der Waals surface area contributed by atoms with Crippen LogP contribution in [0.1, 0.15) is 0 Å². The number of hydrogen-bond acceptors (Lipinski definition) is 5. The number of aromatic nitrogens is 1. The second-order valence-corrected chi connectivity index (χ2v) is 6.01. The SMILES string of the molecule is OCC(O)CSc1nc(-c2ccccc2)c(-c2ccccc2)o1. The molecule has 1 heterocycles. The first-order chi connectivity index (χ1) is 11.3. The second kappa shape index (κ2) is 7.46. The van der Waals surface area contributed by atoms with Gasteiger partial charge in [-0.2, -0.15) is 0 Å². The molecule has 23 heavy (non-hydrogen) atoms. The molecule has 1 atom stereocenters. The number of oxazole rings is 1. The van der Waals surface area contributed by atoms with Gasteiger partial charge < -0.3 is 14.6 Å². The van der Waals surface area contributed by atoms with Gasteiger partial charge >= 0.3 is 0 Å². The predicted octanol–water partition coefficient (Wildman–Crippen LogP) is 3.45. The maximum Gasteiger partial charge on any atom is 0.256 e. The molecule has 4 nitrogen and oxygen atoms in total. The third kappa shape index (κ3) is 3.82. The summed E-state index contributed by atoms with van der Waals surface area (Å²) in [6, 6.07) is 19.7. The number of hydrogen-bond donors (Lipinski definition) is 2. The van der Waals surface area contributed by atoms with Crippen molar-refractivity contribution >= 4 is 11.8 Å². The van der Waals surface area contributed by atoms with E-state index < -0.39 is 6.10 Å². The zero-order chi connectivity index (χ0) is 16.1. The van der Waals surface area contributed by atoms with E-state index in [0.717, 1.165) is 16.8 Å². The van der Waals surface area contributed by atoms with Gasteiger partial charge in [-0.1, -0.05) is 72.4 Å². The lowest BCUT2D eigenvalue weighted by Gasteiger charge is -2.02. The number of aliphatic hydroxyl groups excluding tert-OH is 2. The Morgan fingerprint density at radius 3 is 2.17 bits per heavy atom. The summed E-state index contributed by atoms with van der Waals surface area (Å²) in [6.45, 7) is -0.273. The first-order valence-corrected chi connectivity index (χ1v) is 8.30. The molecule has 0 saturated heterocycles. The van der Waals surface area contributed by atoms with Gasteiger partial charge in [0, 0.05) is 16.9 Å². The quantitative estimate of drug-likeness (QED) is 0.679. The summed E-state index contributed by atoms with van der Waals surface area (Å²) in [4.78, 5) is 4.57. The van der Waals surface area contributed by atoms with Crippen LogP contribution in [0, 0.1) is 0 Å². The second-order valence-electron chi connectivity index (χ2n) is 5.04. The summed E-state index contributed by atoms with van der Waals surface area (Å²) in [6.07, 6.45) is -0.785. The molecule has 0 radical (unpaired) electrons. The highest BCUT2D eigenvalue weighted by atomic mass is 32.2. The zero-order valence-corrected chi connectivity index (χ0v) is 13.2. The highest BCUT2D eigenvalue weighted by molar-refractivity contribution is 7.99. The summed E-state index contributed by atoms with van der Waals surface area (Å²) in [5, 5.41) is 18.9. The van der Waals surface area contributed by atoms with Crippen molar-refractivity contribution in [1.29, 1.82) is 0 Å². The van der Waals surface area contributed by atoms with Gasteiger partial charge in [-0.25, -0.2) is 4.98 Å². The zero-order valence-electron chi connectivity index (χ0n) is 12.4. The Hall–Kier alpha value is -2.08. The molecular formula is C18H17NO3S. The fraction of sp³-hybridized carbons (Fsp3) is 0.167. The Morgan fingerprint density at radius 2 is 1.57 bits per heavy atom. The van der Waals surface area contributed by atoms with Crippen molar-refractivity contribution in [2.45, 2.75) is 11.3 Å². The van der Waals surface area contributed by atoms with Crippen molar-refractivity contribution in [2.24, 2.45) is 0 Å². The van der Waals surface area contributed by atoms with Crippen LogP contribution in [0.25, 0.3) is 22.6 Å². The molecule has 0 saturated carbocycles. The van der Waals surface area contributed by atoms with Crippen LogP contribution in [0.3, 0.4) is 0 Å². The van der Waals surface area contributed by atoms with Gasteiger partial charge in [-0.3, -0.25) is 0 Å². The van der Waals surface area contributed by atoms with Crippen molar-refractivity contribution in [3.8, 4) is 22.6 Å². The van der Waals surface area contributed by atoms with Crippen LogP contribution < -0.4 is 0 Å².